The Kier molecular flexibility index (Phi) is 4.58. The minimum absolute atomic E-state index is 0.455. The van der Waals surface area contributed by atoms with Crippen LogP contribution in [-0.4, -0.2) is 0 Å². The first-order chi connectivity index (χ1) is 5.65. The second kappa shape index (κ2) is 4.99. The highest BCUT2D eigenvalue weighted by atomic mass is 79.9. The zero-order valence-electron chi connectivity index (χ0n) is 6.61. The molecule has 0 aliphatic carbocycles. The topological polar surface area (TPSA) is 0 Å². The number of halogens is 3. The lowest BCUT2D eigenvalue weighted by molar-refractivity contribution is 0.797. The van der Waals surface area contributed by atoms with Gasteiger partial charge in [0.1, 0.15) is 4.34 Å². The molecule has 1 aromatic rings. The maximum absolute atomic E-state index is 5.92. The molecule has 0 radical (unpaired) electrons. The number of rotatable bonds is 3. The van der Waals surface area contributed by atoms with Crippen LogP contribution in [0.4, 0.5) is 0 Å². The van der Waals surface area contributed by atoms with E-state index in [9.17, 15) is 0 Å². The Bertz CT molecular complexity index is 240. The van der Waals surface area contributed by atoms with E-state index < -0.39 is 0 Å². The van der Waals surface area contributed by atoms with Crippen LogP contribution in [0, 0.1) is 0 Å². The predicted molar refractivity (Wildman–Crippen MR) is 63.6 cm³/mol. The summed E-state index contributed by atoms with van der Waals surface area (Å²) < 4.78 is 1.84. The molecule has 1 atom stereocenters. The molecule has 0 N–H and O–H groups in total. The highest BCUT2D eigenvalue weighted by molar-refractivity contribution is 9.10. The first-order valence-corrected chi connectivity index (χ1v) is 6.64. The van der Waals surface area contributed by atoms with Gasteiger partial charge in [0, 0.05) is 14.2 Å². The fourth-order valence-electron chi connectivity index (χ4n) is 0.913. The molecule has 0 aliphatic rings. The van der Waals surface area contributed by atoms with Crippen molar-refractivity contribution in [2.45, 2.75) is 24.6 Å². The molecule has 0 nitrogen and oxygen atoms in total. The van der Waals surface area contributed by atoms with Crippen molar-refractivity contribution in [2.75, 3.05) is 0 Å². The second-order valence-electron chi connectivity index (χ2n) is 2.53. The summed E-state index contributed by atoms with van der Waals surface area (Å²) in [5.74, 6) is 0. The van der Waals surface area contributed by atoms with Crippen LogP contribution in [0.5, 0.6) is 0 Å². The van der Waals surface area contributed by atoms with Crippen LogP contribution in [0.15, 0.2) is 10.5 Å². The van der Waals surface area contributed by atoms with Crippen molar-refractivity contribution in [1.82, 2.24) is 0 Å². The van der Waals surface area contributed by atoms with Crippen molar-refractivity contribution in [3.63, 3.8) is 0 Å². The Morgan fingerprint density at radius 1 is 1.67 bits per heavy atom. The van der Waals surface area contributed by atoms with E-state index in [0.29, 0.717) is 4.83 Å². The van der Waals surface area contributed by atoms with Crippen LogP contribution in [-0.2, 0) is 0 Å². The van der Waals surface area contributed by atoms with Crippen LogP contribution in [0.3, 0.4) is 0 Å². The van der Waals surface area contributed by atoms with Crippen molar-refractivity contribution < 1.29 is 0 Å². The molecule has 1 aromatic heterocycles. The molecule has 1 unspecified atom stereocenters. The SMILES string of the molecule is CCCC(Br)c1cc(Br)c(Cl)s1. The van der Waals surface area contributed by atoms with E-state index >= 15 is 0 Å². The first kappa shape index (κ1) is 11.0. The predicted octanol–water partition coefficient (Wildman–Crippen LogP) is 5.40. The van der Waals surface area contributed by atoms with Gasteiger partial charge in [-0.05, 0) is 28.4 Å². The lowest BCUT2D eigenvalue weighted by Crippen LogP contribution is -1.82. The average molecular weight is 332 g/mol. The van der Waals surface area contributed by atoms with E-state index in [1.54, 1.807) is 11.3 Å². The quantitative estimate of drug-likeness (QED) is 0.650. The minimum Gasteiger partial charge on any atom is -0.126 e. The van der Waals surface area contributed by atoms with Gasteiger partial charge in [0.2, 0.25) is 0 Å². The van der Waals surface area contributed by atoms with E-state index in [1.807, 2.05) is 0 Å². The maximum Gasteiger partial charge on any atom is 0.107 e. The van der Waals surface area contributed by atoms with Crippen molar-refractivity contribution in [2.24, 2.45) is 0 Å². The summed E-state index contributed by atoms with van der Waals surface area (Å²) in [6, 6.07) is 2.09. The molecule has 12 heavy (non-hydrogen) atoms. The number of alkyl halides is 1. The summed E-state index contributed by atoms with van der Waals surface area (Å²) >= 11 is 14.6. The summed E-state index contributed by atoms with van der Waals surface area (Å²) in [4.78, 5) is 1.75. The van der Waals surface area contributed by atoms with E-state index in [2.05, 4.69) is 44.8 Å². The largest absolute Gasteiger partial charge is 0.126 e. The molecule has 68 valence electrons. The van der Waals surface area contributed by atoms with Gasteiger partial charge < -0.3 is 0 Å². The summed E-state index contributed by atoms with van der Waals surface area (Å²) in [6.07, 6.45) is 2.34. The number of hydrogen-bond acceptors (Lipinski definition) is 1. The van der Waals surface area contributed by atoms with E-state index in [4.69, 9.17) is 11.6 Å². The van der Waals surface area contributed by atoms with Crippen molar-refractivity contribution in [1.29, 1.82) is 0 Å². The van der Waals surface area contributed by atoms with Gasteiger partial charge in [-0.15, -0.1) is 11.3 Å². The van der Waals surface area contributed by atoms with Gasteiger partial charge in [-0.1, -0.05) is 40.9 Å². The molecule has 0 bridgehead atoms. The fourth-order valence-corrected chi connectivity index (χ4v) is 3.53. The van der Waals surface area contributed by atoms with Gasteiger partial charge in [0.25, 0.3) is 0 Å². The van der Waals surface area contributed by atoms with Crippen LogP contribution >= 0.6 is 54.8 Å². The highest BCUT2D eigenvalue weighted by Gasteiger charge is 2.11. The monoisotopic (exact) mass is 330 g/mol. The van der Waals surface area contributed by atoms with Gasteiger partial charge >= 0.3 is 0 Å². The van der Waals surface area contributed by atoms with Crippen LogP contribution in [0.1, 0.15) is 29.5 Å². The molecular formula is C8H9Br2ClS. The standard InChI is InChI=1S/C8H9Br2ClS/c1-2-3-5(9)7-4-6(10)8(11)12-7/h4-5H,2-3H2,1H3. The van der Waals surface area contributed by atoms with E-state index in [-0.39, 0.29) is 0 Å². The van der Waals surface area contributed by atoms with Crippen LogP contribution < -0.4 is 0 Å². The highest BCUT2D eigenvalue weighted by Crippen LogP contribution is 2.39. The van der Waals surface area contributed by atoms with Crippen molar-refractivity contribution >= 4 is 54.8 Å². The molecule has 1 heterocycles. The van der Waals surface area contributed by atoms with Gasteiger partial charge in [0.05, 0.1) is 0 Å². The molecule has 0 amide bonds. The Hall–Kier alpha value is 0.950. The Balaban J connectivity index is 2.74. The Morgan fingerprint density at radius 3 is 2.75 bits per heavy atom. The third-order valence-corrected chi connectivity index (χ3v) is 5.36. The summed E-state index contributed by atoms with van der Waals surface area (Å²) in [5, 5.41) is 0. The average Bonchev–Trinajstić information content (AvgIpc) is 2.33. The summed E-state index contributed by atoms with van der Waals surface area (Å²) in [7, 11) is 0. The Morgan fingerprint density at radius 2 is 2.33 bits per heavy atom. The molecule has 4 heteroatoms. The number of thiophene rings is 1. The first-order valence-electron chi connectivity index (χ1n) is 3.74. The van der Waals surface area contributed by atoms with E-state index in [1.165, 1.54) is 11.3 Å². The van der Waals surface area contributed by atoms with Gasteiger partial charge in [-0.2, -0.15) is 0 Å². The fraction of sp³-hybridized carbons (Fsp3) is 0.500. The summed E-state index contributed by atoms with van der Waals surface area (Å²) in [5.41, 5.74) is 0. The van der Waals surface area contributed by atoms with Gasteiger partial charge in [0.15, 0.2) is 0 Å². The smallest absolute Gasteiger partial charge is 0.107 e. The van der Waals surface area contributed by atoms with Crippen molar-refractivity contribution in [3.05, 3.63) is 19.8 Å². The zero-order chi connectivity index (χ0) is 9.14. The maximum atomic E-state index is 5.92. The van der Waals surface area contributed by atoms with E-state index in [0.717, 1.165) is 15.2 Å². The molecule has 1 rings (SSSR count). The van der Waals surface area contributed by atoms with Gasteiger partial charge in [-0.3, -0.25) is 0 Å². The lowest BCUT2D eigenvalue weighted by Gasteiger charge is -2.03. The molecule has 0 saturated heterocycles. The van der Waals surface area contributed by atoms with Crippen LogP contribution in [0.2, 0.25) is 4.34 Å². The third-order valence-electron chi connectivity index (χ3n) is 1.52. The summed E-state index contributed by atoms with van der Waals surface area (Å²) in [6.45, 7) is 2.18. The molecule has 0 saturated carbocycles. The number of hydrogen-bond donors (Lipinski definition) is 0. The minimum atomic E-state index is 0.455. The molecule has 0 fully saturated rings. The molecule has 0 spiro atoms. The molecule has 0 aromatic carbocycles. The normalized spacial score (nSPS) is 13.3. The lowest BCUT2D eigenvalue weighted by atomic mass is 10.2. The third kappa shape index (κ3) is 2.72. The Labute approximate surface area is 98.6 Å². The second-order valence-corrected chi connectivity index (χ2v) is 6.17. The van der Waals surface area contributed by atoms with Crippen molar-refractivity contribution in [3.8, 4) is 0 Å². The van der Waals surface area contributed by atoms with Gasteiger partial charge in [-0.25, -0.2) is 0 Å². The van der Waals surface area contributed by atoms with Crippen LogP contribution in [0.25, 0.3) is 0 Å². The molecular weight excluding hydrogens is 323 g/mol. The molecule has 0 aliphatic heterocycles. The zero-order valence-corrected chi connectivity index (χ0v) is 11.4.